The first-order chi connectivity index (χ1) is 11.2. The summed E-state index contributed by atoms with van der Waals surface area (Å²) in [6.45, 7) is 0.773. The van der Waals surface area contributed by atoms with E-state index in [2.05, 4.69) is 10.1 Å². The molecule has 0 spiro atoms. The van der Waals surface area contributed by atoms with Gasteiger partial charge in [0, 0.05) is 6.61 Å². The van der Waals surface area contributed by atoms with Crippen molar-refractivity contribution in [3.05, 3.63) is 47.7 Å². The Balaban J connectivity index is 1.92. The molecular formula is C17H21NO5. The quantitative estimate of drug-likeness (QED) is 0.667. The van der Waals surface area contributed by atoms with E-state index in [1.165, 1.54) is 7.11 Å². The van der Waals surface area contributed by atoms with Gasteiger partial charge in [-0.25, -0.2) is 9.59 Å². The van der Waals surface area contributed by atoms with E-state index in [0.29, 0.717) is 6.61 Å². The van der Waals surface area contributed by atoms with E-state index in [0.717, 1.165) is 24.8 Å². The Labute approximate surface area is 135 Å². The molecule has 1 aromatic carbocycles. The Morgan fingerprint density at radius 2 is 2.09 bits per heavy atom. The Morgan fingerprint density at radius 3 is 2.74 bits per heavy atom. The number of methoxy groups -OCH3 is 1. The van der Waals surface area contributed by atoms with Gasteiger partial charge in [0.1, 0.15) is 12.3 Å². The summed E-state index contributed by atoms with van der Waals surface area (Å²) in [6, 6.07) is 9.29. The van der Waals surface area contributed by atoms with Crippen molar-refractivity contribution in [3.8, 4) is 0 Å². The second kappa shape index (κ2) is 8.95. The lowest BCUT2D eigenvalue weighted by Crippen LogP contribution is -2.30. The molecule has 1 aromatic rings. The minimum Gasteiger partial charge on any atom is -0.464 e. The predicted octanol–water partition coefficient (Wildman–Crippen LogP) is 2.54. The van der Waals surface area contributed by atoms with Gasteiger partial charge in [0.25, 0.3) is 0 Å². The minimum atomic E-state index is -0.707. The first kappa shape index (κ1) is 17.0. The van der Waals surface area contributed by atoms with Crippen molar-refractivity contribution >= 4 is 12.1 Å². The first-order valence-electron chi connectivity index (χ1n) is 7.58. The molecule has 1 heterocycles. The monoisotopic (exact) mass is 319 g/mol. The highest BCUT2D eigenvalue weighted by Crippen LogP contribution is 2.15. The number of esters is 1. The van der Waals surface area contributed by atoms with Crippen molar-refractivity contribution < 1.29 is 23.8 Å². The molecule has 23 heavy (non-hydrogen) atoms. The third-order valence-electron chi connectivity index (χ3n) is 3.42. The van der Waals surface area contributed by atoms with Gasteiger partial charge in [-0.15, -0.1) is 0 Å². The Morgan fingerprint density at radius 1 is 1.30 bits per heavy atom. The van der Waals surface area contributed by atoms with Gasteiger partial charge in [-0.2, -0.15) is 0 Å². The zero-order valence-electron chi connectivity index (χ0n) is 13.1. The van der Waals surface area contributed by atoms with E-state index in [1.807, 2.05) is 30.3 Å². The fourth-order valence-corrected chi connectivity index (χ4v) is 2.22. The molecule has 6 heteroatoms. The highest BCUT2D eigenvalue weighted by Gasteiger charge is 2.19. The number of carbonyl (C=O) groups is 2. The summed E-state index contributed by atoms with van der Waals surface area (Å²) in [5.74, 6) is -0.629. The fourth-order valence-electron chi connectivity index (χ4n) is 2.22. The molecule has 0 aromatic heterocycles. The van der Waals surface area contributed by atoms with E-state index in [-0.39, 0.29) is 18.4 Å². The maximum atomic E-state index is 11.9. The lowest BCUT2D eigenvalue weighted by Gasteiger charge is -2.20. The smallest absolute Gasteiger partial charge is 0.412 e. The maximum Gasteiger partial charge on any atom is 0.412 e. The molecule has 1 fully saturated rings. The molecule has 2 rings (SSSR count). The lowest BCUT2D eigenvalue weighted by molar-refractivity contribution is -0.136. The van der Waals surface area contributed by atoms with Crippen LogP contribution in [0.15, 0.2) is 42.1 Å². The van der Waals surface area contributed by atoms with Crippen LogP contribution in [0.2, 0.25) is 0 Å². The topological polar surface area (TPSA) is 73.9 Å². The van der Waals surface area contributed by atoms with Crippen LogP contribution in [-0.4, -0.2) is 31.9 Å². The van der Waals surface area contributed by atoms with E-state index < -0.39 is 12.1 Å². The zero-order valence-corrected chi connectivity index (χ0v) is 13.1. The largest absolute Gasteiger partial charge is 0.464 e. The molecule has 6 nitrogen and oxygen atoms in total. The van der Waals surface area contributed by atoms with Crippen molar-refractivity contribution in [2.45, 2.75) is 32.0 Å². The number of hydrogen-bond acceptors (Lipinski definition) is 5. The second-order valence-electron chi connectivity index (χ2n) is 5.16. The van der Waals surface area contributed by atoms with Crippen molar-refractivity contribution in [2.75, 3.05) is 13.7 Å². The Bertz CT molecular complexity index is 549. The molecule has 124 valence electrons. The highest BCUT2D eigenvalue weighted by molar-refractivity contribution is 5.92. The number of alkyl carbamates (subject to hydrolysis) is 1. The molecule has 0 aliphatic carbocycles. The number of rotatable bonds is 5. The van der Waals surface area contributed by atoms with Crippen molar-refractivity contribution in [3.63, 3.8) is 0 Å². The molecule has 0 unspecified atom stereocenters. The van der Waals surface area contributed by atoms with Crippen LogP contribution < -0.4 is 5.32 Å². The van der Waals surface area contributed by atoms with E-state index >= 15 is 0 Å². The number of amides is 1. The average Bonchev–Trinajstić information content (AvgIpc) is 2.60. The van der Waals surface area contributed by atoms with Gasteiger partial charge >= 0.3 is 12.1 Å². The van der Waals surface area contributed by atoms with Gasteiger partial charge in [0.05, 0.1) is 13.2 Å². The summed E-state index contributed by atoms with van der Waals surface area (Å²) >= 11 is 0. The van der Waals surface area contributed by atoms with Gasteiger partial charge in [0.15, 0.2) is 0 Å². The van der Waals surface area contributed by atoms with Crippen LogP contribution in [0.25, 0.3) is 0 Å². The van der Waals surface area contributed by atoms with Gasteiger partial charge in [0.2, 0.25) is 0 Å². The number of benzene rings is 1. The van der Waals surface area contributed by atoms with E-state index in [9.17, 15) is 9.59 Å². The van der Waals surface area contributed by atoms with Crippen LogP contribution in [0.4, 0.5) is 4.79 Å². The maximum absolute atomic E-state index is 11.9. The Kier molecular flexibility index (Phi) is 6.62. The molecule has 1 N–H and O–H groups in total. The molecule has 0 saturated carbocycles. The summed E-state index contributed by atoms with van der Waals surface area (Å²) in [5, 5.41) is 2.43. The van der Waals surface area contributed by atoms with E-state index in [4.69, 9.17) is 9.47 Å². The van der Waals surface area contributed by atoms with Crippen molar-refractivity contribution in [1.82, 2.24) is 5.32 Å². The van der Waals surface area contributed by atoms with Crippen LogP contribution in [0.5, 0.6) is 0 Å². The van der Waals surface area contributed by atoms with Crippen LogP contribution in [0.1, 0.15) is 24.8 Å². The number of nitrogens with one attached hydrogen (secondary N) is 1. The average molecular weight is 319 g/mol. The molecule has 1 aliphatic rings. The third-order valence-corrected chi connectivity index (χ3v) is 3.42. The molecule has 1 saturated heterocycles. The van der Waals surface area contributed by atoms with E-state index in [1.54, 1.807) is 6.08 Å². The molecule has 1 amide bonds. The number of ether oxygens (including phenoxy) is 3. The SMILES string of the molecule is COC(=O)/C(=C/[C@H]1CCCCO1)NC(=O)OCc1ccccc1. The third kappa shape index (κ3) is 5.75. The number of carbonyl (C=O) groups excluding carboxylic acids is 2. The van der Waals surface area contributed by atoms with Gasteiger partial charge in [-0.05, 0) is 30.9 Å². The van der Waals surface area contributed by atoms with Crippen LogP contribution in [0.3, 0.4) is 0 Å². The normalized spacial score (nSPS) is 18.1. The predicted molar refractivity (Wildman–Crippen MR) is 83.5 cm³/mol. The van der Waals surface area contributed by atoms with Gasteiger partial charge < -0.3 is 14.2 Å². The highest BCUT2D eigenvalue weighted by atomic mass is 16.6. The molecule has 0 bridgehead atoms. The van der Waals surface area contributed by atoms with Crippen LogP contribution in [-0.2, 0) is 25.6 Å². The lowest BCUT2D eigenvalue weighted by atomic mass is 10.1. The van der Waals surface area contributed by atoms with Crippen LogP contribution >= 0.6 is 0 Å². The summed E-state index contributed by atoms with van der Waals surface area (Å²) in [4.78, 5) is 23.6. The zero-order chi connectivity index (χ0) is 16.5. The first-order valence-corrected chi connectivity index (χ1v) is 7.58. The molecular weight excluding hydrogens is 298 g/mol. The summed E-state index contributed by atoms with van der Waals surface area (Å²) in [6.07, 6.45) is 3.50. The fraction of sp³-hybridized carbons (Fsp3) is 0.412. The second-order valence-corrected chi connectivity index (χ2v) is 5.16. The molecule has 1 atom stereocenters. The summed E-state index contributed by atoms with van der Waals surface area (Å²) < 4.78 is 15.3. The van der Waals surface area contributed by atoms with Gasteiger partial charge in [-0.1, -0.05) is 30.3 Å². The Hall–Kier alpha value is -2.34. The summed E-state index contributed by atoms with van der Waals surface area (Å²) in [7, 11) is 1.26. The minimum absolute atomic E-state index is 0.0393. The van der Waals surface area contributed by atoms with Crippen LogP contribution in [0, 0.1) is 0 Å². The van der Waals surface area contributed by atoms with Crippen molar-refractivity contribution in [2.24, 2.45) is 0 Å². The van der Waals surface area contributed by atoms with Gasteiger partial charge in [-0.3, -0.25) is 5.32 Å². The summed E-state index contributed by atoms with van der Waals surface area (Å²) in [5.41, 5.74) is 0.902. The standard InChI is InChI=1S/C17H21NO5/c1-21-16(19)15(11-14-9-5-6-10-22-14)18-17(20)23-12-13-7-3-2-4-8-13/h2-4,7-8,11,14H,5-6,9-10,12H2,1H3,(H,18,20)/b15-11-/t14-/m1/s1. The molecule has 1 aliphatic heterocycles. The van der Waals surface area contributed by atoms with Crippen molar-refractivity contribution in [1.29, 1.82) is 0 Å². The molecule has 0 radical (unpaired) electrons. The number of hydrogen-bond donors (Lipinski definition) is 1.